The molecule has 3 aromatic rings. The Morgan fingerprint density at radius 2 is 1.73 bits per heavy atom. The minimum Gasteiger partial charge on any atom is -0.324 e. The third kappa shape index (κ3) is 4.37. The lowest BCUT2D eigenvalue weighted by atomic mass is 10.2. The van der Waals surface area contributed by atoms with E-state index in [0.717, 1.165) is 4.47 Å². The van der Waals surface area contributed by atoms with Crippen LogP contribution in [0.2, 0.25) is 0 Å². The molecule has 3 rings (SSSR count). The minimum atomic E-state index is -0.439. The van der Waals surface area contributed by atoms with Crippen LogP contribution in [-0.4, -0.2) is 21.6 Å². The highest BCUT2D eigenvalue weighted by Gasteiger charge is 2.15. The molecule has 0 radical (unpaired) electrons. The first-order chi connectivity index (χ1) is 12.5. The molecule has 0 spiro atoms. The number of nitrogens with zero attached hydrogens (tertiary/aromatic N) is 2. The summed E-state index contributed by atoms with van der Waals surface area (Å²) >= 11 is 3.34. The van der Waals surface area contributed by atoms with Gasteiger partial charge in [0.2, 0.25) is 5.91 Å². The number of carbonyl (C=O) groups excluding carboxylic acids is 2. The van der Waals surface area contributed by atoms with Gasteiger partial charge in [0.15, 0.2) is 0 Å². The number of nitrogens with one attached hydrogen (secondary N) is 2. The summed E-state index contributed by atoms with van der Waals surface area (Å²) < 4.78 is 2.49. The lowest BCUT2D eigenvalue weighted by molar-refractivity contribution is -0.119. The predicted molar refractivity (Wildman–Crippen MR) is 104 cm³/mol. The first-order valence-electron chi connectivity index (χ1n) is 8.00. The van der Waals surface area contributed by atoms with Gasteiger partial charge in [-0.1, -0.05) is 22.0 Å². The molecule has 1 atom stereocenters. The van der Waals surface area contributed by atoms with E-state index in [9.17, 15) is 9.59 Å². The predicted octanol–water partition coefficient (Wildman–Crippen LogP) is 4.10. The second-order valence-corrected chi connectivity index (χ2v) is 6.61. The molecule has 0 fully saturated rings. The van der Waals surface area contributed by atoms with Gasteiger partial charge in [-0.05, 0) is 55.5 Å². The van der Waals surface area contributed by atoms with Crippen LogP contribution >= 0.6 is 15.9 Å². The van der Waals surface area contributed by atoms with Crippen LogP contribution in [0.15, 0.2) is 71.5 Å². The maximum absolute atomic E-state index is 12.3. The van der Waals surface area contributed by atoms with Crippen LogP contribution in [-0.2, 0) is 4.79 Å². The largest absolute Gasteiger partial charge is 0.324 e. The molecule has 0 unspecified atom stereocenters. The monoisotopic (exact) mass is 412 g/mol. The summed E-state index contributed by atoms with van der Waals surface area (Å²) in [7, 11) is 0. The fourth-order valence-corrected chi connectivity index (χ4v) is 2.62. The highest BCUT2D eigenvalue weighted by atomic mass is 79.9. The second kappa shape index (κ2) is 7.97. The van der Waals surface area contributed by atoms with Crippen molar-refractivity contribution in [3.8, 4) is 0 Å². The Morgan fingerprint density at radius 1 is 1.04 bits per heavy atom. The van der Waals surface area contributed by atoms with E-state index in [1.807, 2.05) is 12.1 Å². The van der Waals surface area contributed by atoms with Gasteiger partial charge >= 0.3 is 0 Å². The summed E-state index contributed by atoms with van der Waals surface area (Å²) in [5.74, 6) is -0.407. The van der Waals surface area contributed by atoms with Gasteiger partial charge in [-0.25, -0.2) is 0 Å². The van der Waals surface area contributed by atoms with Crippen LogP contribution in [0, 0.1) is 0 Å². The maximum Gasteiger partial charge on any atom is 0.255 e. The van der Waals surface area contributed by atoms with Gasteiger partial charge in [-0.2, -0.15) is 5.10 Å². The van der Waals surface area contributed by atoms with Crippen molar-refractivity contribution in [1.29, 1.82) is 0 Å². The summed E-state index contributed by atoms with van der Waals surface area (Å²) in [6.45, 7) is 1.77. The highest BCUT2D eigenvalue weighted by Crippen LogP contribution is 2.18. The molecule has 2 amide bonds. The Bertz CT molecular complexity index is 908. The van der Waals surface area contributed by atoms with Crippen molar-refractivity contribution in [3.63, 3.8) is 0 Å². The lowest BCUT2D eigenvalue weighted by Gasteiger charge is -2.13. The molecule has 132 valence electrons. The smallest absolute Gasteiger partial charge is 0.255 e. The maximum atomic E-state index is 12.3. The van der Waals surface area contributed by atoms with E-state index in [1.54, 1.807) is 66.5 Å². The second-order valence-electron chi connectivity index (χ2n) is 5.69. The Balaban J connectivity index is 1.67. The van der Waals surface area contributed by atoms with Gasteiger partial charge in [0, 0.05) is 33.8 Å². The normalized spacial score (nSPS) is 11.6. The molecular formula is C19H17BrN4O2. The summed E-state index contributed by atoms with van der Waals surface area (Å²) in [5, 5.41) is 9.73. The van der Waals surface area contributed by atoms with E-state index in [2.05, 4.69) is 31.7 Å². The van der Waals surface area contributed by atoms with E-state index in [4.69, 9.17) is 0 Å². The topological polar surface area (TPSA) is 76.0 Å². The number of halogens is 1. The average molecular weight is 413 g/mol. The Kier molecular flexibility index (Phi) is 5.48. The van der Waals surface area contributed by atoms with E-state index in [0.29, 0.717) is 16.9 Å². The number of hydrogen-bond acceptors (Lipinski definition) is 3. The van der Waals surface area contributed by atoms with Gasteiger partial charge in [0.05, 0.1) is 0 Å². The third-order valence-electron chi connectivity index (χ3n) is 3.80. The molecule has 1 heterocycles. The van der Waals surface area contributed by atoms with Crippen LogP contribution in [0.25, 0.3) is 0 Å². The molecule has 6 nitrogen and oxygen atoms in total. The number of amides is 2. The fourth-order valence-electron chi connectivity index (χ4n) is 2.36. The average Bonchev–Trinajstić information content (AvgIpc) is 3.16. The SMILES string of the molecule is C[C@@H](C(=O)Nc1cccc(NC(=O)c2ccc(Br)cc2)c1)n1cccn1. The first-order valence-corrected chi connectivity index (χ1v) is 8.79. The lowest BCUT2D eigenvalue weighted by Crippen LogP contribution is -2.24. The number of benzene rings is 2. The van der Waals surface area contributed by atoms with E-state index in [1.165, 1.54) is 0 Å². The number of rotatable bonds is 5. The van der Waals surface area contributed by atoms with Crippen molar-refractivity contribution in [3.05, 3.63) is 77.0 Å². The van der Waals surface area contributed by atoms with Crippen molar-refractivity contribution in [2.45, 2.75) is 13.0 Å². The van der Waals surface area contributed by atoms with Crippen molar-refractivity contribution in [2.24, 2.45) is 0 Å². The quantitative estimate of drug-likeness (QED) is 0.662. The van der Waals surface area contributed by atoms with Crippen molar-refractivity contribution < 1.29 is 9.59 Å². The van der Waals surface area contributed by atoms with Crippen LogP contribution in [0.4, 0.5) is 11.4 Å². The summed E-state index contributed by atoms with van der Waals surface area (Å²) in [6, 6.07) is 15.4. The van der Waals surface area contributed by atoms with Gasteiger partial charge in [0.1, 0.15) is 6.04 Å². The summed E-state index contributed by atoms with van der Waals surface area (Å²) in [5.41, 5.74) is 1.75. The molecule has 0 aliphatic heterocycles. The molecule has 0 aliphatic carbocycles. The molecular weight excluding hydrogens is 396 g/mol. The van der Waals surface area contributed by atoms with E-state index in [-0.39, 0.29) is 11.8 Å². The fraction of sp³-hybridized carbons (Fsp3) is 0.105. The van der Waals surface area contributed by atoms with Gasteiger partial charge in [0.25, 0.3) is 5.91 Å². The molecule has 1 aromatic heterocycles. The van der Waals surface area contributed by atoms with Gasteiger partial charge in [-0.15, -0.1) is 0 Å². The molecule has 26 heavy (non-hydrogen) atoms. The zero-order valence-corrected chi connectivity index (χ0v) is 15.6. The number of carbonyl (C=O) groups is 2. The van der Waals surface area contributed by atoms with Crippen LogP contribution in [0.5, 0.6) is 0 Å². The number of anilines is 2. The first kappa shape index (κ1) is 17.9. The third-order valence-corrected chi connectivity index (χ3v) is 4.32. The highest BCUT2D eigenvalue weighted by molar-refractivity contribution is 9.10. The van der Waals surface area contributed by atoms with Gasteiger partial charge in [-0.3, -0.25) is 14.3 Å². The zero-order valence-electron chi connectivity index (χ0n) is 14.0. The standard InChI is InChI=1S/C19H17BrN4O2/c1-13(24-11-3-10-21-24)18(25)22-16-4-2-5-17(12-16)23-19(26)14-6-8-15(20)9-7-14/h2-13H,1H3,(H,22,25)(H,23,26)/t13-/m0/s1. The number of hydrogen-bond donors (Lipinski definition) is 2. The summed E-state index contributed by atoms with van der Waals surface area (Å²) in [6.07, 6.45) is 3.36. The molecule has 0 aliphatic rings. The van der Waals surface area contributed by atoms with Crippen LogP contribution in [0.1, 0.15) is 23.3 Å². The molecule has 2 aromatic carbocycles. The van der Waals surface area contributed by atoms with Crippen LogP contribution in [0.3, 0.4) is 0 Å². The van der Waals surface area contributed by atoms with Crippen molar-refractivity contribution in [2.75, 3.05) is 10.6 Å². The van der Waals surface area contributed by atoms with Crippen molar-refractivity contribution in [1.82, 2.24) is 9.78 Å². The van der Waals surface area contributed by atoms with E-state index >= 15 is 0 Å². The Labute approximate surface area is 159 Å². The van der Waals surface area contributed by atoms with E-state index < -0.39 is 6.04 Å². The van der Waals surface area contributed by atoms with Crippen molar-refractivity contribution >= 4 is 39.1 Å². The minimum absolute atomic E-state index is 0.190. The molecule has 0 saturated heterocycles. The Morgan fingerprint density at radius 3 is 2.38 bits per heavy atom. The molecule has 0 saturated carbocycles. The molecule has 7 heteroatoms. The molecule has 0 bridgehead atoms. The molecule has 2 N–H and O–H groups in total. The zero-order chi connectivity index (χ0) is 18.5. The number of aromatic nitrogens is 2. The van der Waals surface area contributed by atoms with Gasteiger partial charge < -0.3 is 10.6 Å². The Hall–Kier alpha value is -2.93. The summed E-state index contributed by atoms with van der Waals surface area (Å²) in [4.78, 5) is 24.6. The van der Waals surface area contributed by atoms with Crippen LogP contribution < -0.4 is 10.6 Å².